The summed E-state index contributed by atoms with van der Waals surface area (Å²) in [5.74, 6) is 0. The van der Waals surface area contributed by atoms with Crippen LogP contribution in [0.3, 0.4) is 0 Å². The van der Waals surface area contributed by atoms with Gasteiger partial charge in [-0.2, -0.15) is 0 Å². The summed E-state index contributed by atoms with van der Waals surface area (Å²) in [6.07, 6.45) is 6.06. The second-order valence-electron chi connectivity index (χ2n) is 4.06. The van der Waals surface area contributed by atoms with Gasteiger partial charge < -0.3 is 5.32 Å². The number of nitrogens with one attached hydrogen (secondary N) is 1. The molecule has 1 N–H and O–H groups in total. The normalized spacial score (nSPS) is 10.9. The minimum absolute atomic E-state index is 0.547. The van der Waals surface area contributed by atoms with Gasteiger partial charge in [0.25, 0.3) is 0 Å². The van der Waals surface area contributed by atoms with Crippen molar-refractivity contribution in [1.82, 2.24) is 4.98 Å². The lowest BCUT2D eigenvalue weighted by Gasteiger charge is -2.17. The van der Waals surface area contributed by atoms with Crippen LogP contribution in [-0.2, 0) is 0 Å². The molecular weight excluding hydrogens is 196 g/mol. The first-order chi connectivity index (χ1) is 7.85. The van der Waals surface area contributed by atoms with Gasteiger partial charge in [-0.3, -0.25) is 4.98 Å². The highest BCUT2D eigenvalue weighted by atomic mass is 14.9. The zero-order chi connectivity index (χ0) is 11.4. The van der Waals surface area contributed by atoms with Crippen LogP contribution in [0, 0.1) is 0 Å². The van der Waals surface area contributed by atoms with Crippen molar-refractivity contribution in [2.24, 2.45) is 0 Å². The minimum Gasteiger partial charge on any atom is -0.382 e. The van der Waals surface area contributed by atoms with Crippen molar-refractivity contribution < 1.29 is 0 Å². The van der Waals surface area contributed by atoms with Gasteiger partial charge in [0.1, 0.15) is 0 Å². The molecule has 0 amide bonds. The molecule has 2 nitrogen and oxygen atoms in total. The Labute approximate surface area is 96.7 Å². The van der Waals surface area contributed by atoms with Gasteiger partial charge >= 0.3 is 0 Å². The Bertz CT molecular complexity index is 456. The lowest BCUT2D eigenvalue weighted by atomic mass is 10.1. The number of aromatic nitrogens is 1. The maximum absolute atomic E-state index is 4.19. The van der Waals surface area contributed by atoms with Crippen molar-refractivity contribution in [1.29, 1.82) is 0 Å². The number of hydrogen-bond acceptors (Lipinski definition) is 2. The van der Waals surface area contributed by atoms with Gasteiger partial charge in [0.2, 0.25) is 0 Å². The largest absolute Gasteiger partial charge is 0.382 e. The van der Waals surface area contributed by atoms with E-state index in [4.69, 9.17) is 0 Å². The molecule has 0 aliphatic heterocycles. The summed E-state index contributed by atoms with van der Waals surface area (Å²) in [5, 5.41) is 6.03. The lowest BCUT2D eigenvalue weighted by Crippen LogP contribution is -2.17. The van der Waals surface area contributed by atoms with Crippen LogP contribution < -0.4 is 5.32 Å². The summed E-state index contributed by atoms with van der Waals surface area (Å²) in [5.41, 5.74) is 1.19. The van der Waals surface area contributed by atoms with Gasteiger partial charge in [0.15, 0.2) is 0 Å². The zero-order valence-corrected chi connectivity index (χ0v) is 9.90. The summed E-state index contributed by atoms with van der Waals surface area (Å²) < 4.78 is 0. The van der Waals surface area contributed by atoms with E-state index in [0.29, 0.717) is 6.04 Å². The third-order valence-electron chi connectivity index (χ3n) is 3.03. The molecule has 0 saturated carbocycles. The molecular formula is C14H18N2. The fraction of sp³-hybridized carbons (Fsp3) is 0.357. The molecule has 0 radical (unpaired) electrons. The molecule has 0 aliphatic rings. The summed E-state index contributed by atoms with van der Waals surface area (Å²) >= 11 is 0. The molecule has 1 heterocycles. The Morgan fingerprint density at radius 1 is 1.19 bits per heavy atom. The van der Waals surface area contributed by atoms with Crippen LogP contribution in [-0.4, -0.2) is 11.0 Å². The van der Waals surface area contributed by atoms with Gasteiger partial charge in [0.05, 0.1) is 0 Å². The maximum Gasteiger partial charge on any atom is 0.0437 e. The first kappa shape index (κ1) is 10.9. The van der Waals surface area contributed by atoms with Crippen molar-refractivity contribution in [3.05, 3.63) is 36.7 Å². The number of benzene rings is 1. The van der Waals surface area contributed by atoms with Gasteiger partial charge in [-0.15, -0.1) is 0 Å². The molecule has 2 aromatic rings. The van der Waals surface area contributed by atoms with Crippen molar-refractivity contribution in [3.63, 3.8) is 0 Å². The Hall–Kier alpha value is -1.57. The van der Waals surface area contributed by atoms with Crippen LogP contribution in [0.5, 0.6) is 0 Å². The van der Waals surface area contributed by atoms with Crippen molar-refractivity contribution in [2.75, 3.05) is 5.32 Å². The first-order valence-corrected chi connectivity index (χ1v) is 5.94. The first-order valence-electron chi connectivity index (χ1n) is 5.94. The number of nitrogens with zero attached hydrogens (tertiary/aromatic N) is 1. The standard InChI is InChI=1S/C14H18N2/c1-3-12(4-2)16-14-7-5-6-11-8-9-15-10-13(11)14/h5-10,12,16H,3-4H2,1-2H3. The van der Waals surface area contributed by atoms with E-state index < -0.39 is 0 Å². The minimum atomic E-state index is 0.547. The molecule has 0 unspecified atom stereocenters. The second kappa shape index (κ2) is 4.97. The van der Waals surface area contributed by atoms with Crippen LogP contribution >= 0.6 is 0 Å². The smallest absolute Gasteiger partial charge is 0.0437 e. The lowest BCUT2D eigenvalue weighted by molar-refractivity contribution is 0.672. The number of hydrogen-bond donors (Lipinski definition) is 1. The molecule has 1 aromatic carbocycles. The van der Waals surface area contributed by atoms with Crippen LogP contribution in [0.1, 0.15) is 26.7 Å². The van der Waals surface area contributed by atoms with E-state index in [1.165, 1.54) is 16.5 Å². The average molecular weight is 214 g/mol. The quantitative estimate of drug-likeness (QED) is 0.836. The van der Waals surface area contributed by atoms with E-state index in [1.807, 2.05) is 18.5 Å². The zero-order valence-electron chi connectivity index (χ0n) is 9.90. The number of pyridine rings is 1. The van der Waals surface area contributed by atoms with E-state index in [9.17, 15) is 0 Å². The van der Waals surface area contributed by atoms with Gasteiger partial charge in [0, 0.05) is 29.5 Å². The third-order valence-corrected chi connectivity index (χ3v) is 3.03. The van der Waals surface area contributed by atoms with Gasteiger partial charge in [-0.1, -0.05) is 26.0 Å². The second-order valence-corrected chi connectivity index (χ2v) is 4.06. The van der Waals surface area contributed by atoms with Crippen molar-refractivity contribution in [3.8, 4) is 0 Å². The molecule has 2 heteroatoms. The highest BCUT2D eigenvalue weighted by Gasteiger charge is 2.05. The summed E-state index contributed by atoms with van der Waals surface area (Å²) in [6, 6.07) is 8.93. The fourth-order valence-electron chi connectivity index (χ4n) is 1.95. The number of anilines is 1. The Balaban J connectivity index is 2.36. The third kappa shape index (κ3) is 2.16. The maximum atomic E-state index is 4.19. The van der Waals surface area contributed by atoms with Crippen LogP contribution in [0.4, 0.5) is 5.69 Å². The van der Waals surface area contributed by atoms with E-state index in [1.54, 1.807) is 0 Å². The molecule has 84 valence electrons. The molecule has 0 saturated heterocycles. The Kier molecular flexibility index (Phi) is 3.40. The summed E-state index contributed by atoms with van der Waals surface area (Å²) in [7, 11) is 0. The van der Waals surface area contributed by atoms with Crippen molar-refractivity contribution in [2.45, 2.75) is 32.7 Å². The van der Waals surface area contributed by atoms with E-state index >= 15 is 0 Å². The number of fused-ring (bicyclic) bond motifs is 1. The molecule has 0 aliphatic carbocycles. The number of rotatable bonds is 4. The predicted octanol–water partition coefficient (Wildman–Crippen LogP) is 3.84. The molecule has 0 atom stereocenters. The molecule has 1 aromatic heterocycles. The predicted molar refractivity (Wildman–Crippen MR) is 69.7 cm³/mol. The highest BCUT2D eigenvalue weighted by molar-refractivity contribution is 5.93. The van der Waals surface area contributed by atoms with Crippen LogP contribution in [0.2, 0.25) is 0 Å². The Morgan fingerprint density at radius 3 is 2.75 bits per heavy atom. The fourth-order valence-corrected chi connectivity index (χ4v) is 1.95. The van der Waals surface area contributed by atoms with Crippen molar-refractivity contribution >= 4 is 16.5 Å². The highest BCUT2D eigenvalue weighted by Crippen LogP contribution is 2.23. The van der Waals surface area contributed by atoms with Gasteiger partial charge in [-0.05, 0) is 30.4 Å². The van der Waals surface area contributed by atoms with E-state index in [2.05, 4.69) is 42.3 Å². The molecule has 0 bridgehead atoms. The summed E-state index contributed by atoms with van der Waals surface area (Å²) in [4.78, 5) is 4.19. The molecule has 16 heavy (non-hydrogen) atoms. The molecule has 0 fully saturated rings. The SMILES string of the molecule is CCC(CC)Nc1cccc2ccncc12. The van der Waals surface area contributed by atoms with E-state index in [0.717, 1.165) is 12.8 Å². The van der Waals surface area contributed by atoms with Crippen LogP contribution in [0.15, 0.2) is 36.7 Å². The topological polar surface area (TPSA) is 24.9 Å². The van der Waals surface area contributed by atoms with Crippen LogP contribution in [0.25, 0.3) is 10.8 Å². The monoisotopic (exact) mass is 214 g/mol. The van der Waals surface area contributed by atoms with E-state index in [-0.39, 0.29) is 0 Å². The Morgan fingerprint density at radius 2 is 2.00 bits per heavy atom. The molecule has 0 spiro atoms. The molecule has 2 rings (SSSR count). The van der Waals surface area contributed by atoms with Gasteiger partial charge in [-0.25, -0.2) is 0 Å². The summed E-state index contributed by atoms with van der Waals surface area (Å²) in [6.45, 7) is 4.43. The average Bonchev–Trinajstić information content (AvgIpc) is 2.36.